The molecule has 1 saturated heterocycles. The minimum absolute atomic E-state index is 0.145. The summed E-state index contributed by atoms with van der Waals surface area (Å²) in [6, 6.07) is 0.226. The largest absolute Gasteiger partial charge is 0.353 e. The molecule has 2 rings (SSSR count). The van der Waals surface area contributed by atoms with Gasteiger partial charge in [0.05, 0.1) is 6.33 Å². The first-order valence-corrected chi connectivity index (χ1v) is 5.01. The van der Waals surface area contributed by atoms with Crippen LogP contribution in [0.15, 0.2) is 12.5 Å². The molecule has 1 amide bonds. The summed E-state index contributed by atoms with van der Waals surface area (Å²) in [5.41, 5.74) is 1.17. The topological polar surface area (TPSA) is 46.9 Å². The van der Waals surface area contributed by atoms with E-state index in [0.717, 1.165) is 6.54 Å². The first kappa shape index (κ1) is 9.24. The number of amides is 1. The normalized spacial score (nSPS) is 26.6. The molecule has 0 aromatic carbocycles. The average Bonchev–Trinajstić information content (AvgIpc) is 2.71. The quantitative estimate of drug-likeness (QED) is 0.758. The smallest absolute Gasteiger partial charge is 0.220 e. The fraction of sp³-hybridized carbons (Fsp3) is 0.600. The summed E-state index contributed by atoms with van der Waals surface area (Å²) in [4.78, 5) is 15.3. The van der Waals surface area contributed by atoms with Gasteiger partial charge in [0.2, 0.25) is 5.91 Å². The Labute approximate surface area is 83.3 Å². The van der Waals surface area contributed by atoms with Crippen molar-refractivity contribution >= 4 is 5.91 Å². The van der Waals surface area contributed by atoms with Gasteiger partial charge in [-0.25, -0.2) is 4.98 Å². The predicted molar refractivity (Wildman–Crippen MR) is 52.9 cm³/mol. The Morgan fingerprint density at radius 2 is 2.50 bits per heavy atom. The number of rotatable bonds is 2. The van der Waals surface area contributed by atoms with E-state index in [1.54, 1.807) is 0 Å². The van der Waals surface area contributed by atoms with Crippen molar-refractivity contribution in [1.82, 2.24) is 14.9 Å². The lowest BCUT2D eigenvalue weighted by Crippen LogP contribution is -2.25. The summed E-state index contributed by atoms with van der Waals surface area (Å²) in [6.45, 7) is 5.04. The molecule has 2 heterocycles. The van der Waals surface area contributed by atoms with E-state index in [2.05, 4.69) is 21.8 Å². The van der Waals surface area contributed by atoms with Gasteiger partial charge in [0.25, 0.3) is 0 Å². The Kier molecular flexibility index (Phi) is 2.27. The fourth-order valence-corrected chi connectivity index (χ4v) is 2.05. The number of carbonyl (C=O) groups excluding carboxylic acids is 1. The van der Waals surface area contributed by atoms with Crippen molar-refractivity contribution in [3.8, 4) is 0 Å². The highest BCUT2D eigenvalue weighted by Gasteiger charge is 2.31. The van der Waals surface area contributed by atoms with E-state index in [1.165, 1.54) is 5.69 Å². The second-order valence-corrected chi connectivity index (χ2v) is 3.77. The number of carbonyl (C=O) groups is 1. The molecule has 0 bridgehead atoms. The molecule has 1 N–H and O–H groups in total. The maximum absolute atomic E-state index is 11.2. The number of nitrogens with zero attached hydrogens (tertiary/aromatic N) is 2. The number of hydrogen-bond donors (Lipinski definition) is 1. The van der Waals surface area contributed by atoms with E-state index in [0.29, 0.717) is 6.42 Å². The van der Waals surface area contributed by atoms with Crippen molar-refractivity contribution in [3.05, 3.63) is 18.2 Å². The van der Waals surface area contributed by atoms with Crippen LogP contribution in [0.25, 0.3) is 0 Å². The van der Waals surface area contributed by atoms with Gasteiger partial charge < -0.3 is 9.88 Å². The third-order valence-electron chi connectivity index (χ3n) is 2.86. The lowest BCUT2D eigenvalue weighted by molar-refractivity contribution is -0.119. The van der Waals surface area contributed by atoms with E-state index in [-0.39, 0.29) is 17.9 Å². The molecule has 1 aromatic heterocycles. The molecule has 1 aromatic rings. The van der Waals surface area contributed by atoms with Crippen LogP contribution in [-0.4, -0.2) is 21.5 Å². The standard InChI is InChI=1S/C10H15N3O/c1-3-13-6-11-5-9(13)8-4-10(14)12-7(8)2/h5-8H,3-4H2,1-2H3,(H,12,14). The lowest BCUT2D eigenvalue weighted by Gasteiger charge is -2.15. The number of imidazole rings is 1. The molecule has 1 aliphatic heterocycles. The summed E-state index contributed by atoms with van der Waals surface area (Å²) in [5.74, 6) is 0.427. The number of nitrogens with one attached hydrogen (secondary N) is 1. The van der Waals surface area contributed by atoms with Gasteiger partial charge in [0.15, 0.2) is 0 Å². The number of aromatic nitrogens is 2. The Hall–Kier alpha value is -1.32. The number of aryl methyl sites for hydroxylation is 1. The maximum Gasteiger partial charge on any atom is 0.220 e. The minimum atomic E-state index is 0.145. The van der Waals surface area contributed by atoms with Gasteiger partial charge in [-0.15, -0.1) is 0 Å². The highest BCUT2D eigenvalue weighted by molar-refractivity contribution is 5.80. The van der Waals surface area contributed by atoms with Crippen LogP contribution >= 0.6 is 0 Å². The Bertz CT molecular complexity index is 345. The summed E-state index contributed by atoms with van der Waals surface area (Å²) >= 11 is 0. The maximum atomic E-state index is 11.2. The molecule has 4 heteroatoms. The van der Waals surface area contributed by atoms with Crippen molar-refractivity contribution in [3.63, 3.8) is 0 Å². The van der Waals surface area contributed by atoms with E-state index < -0.39 is 0 Å². The summed E-state index contributed by atoms with van der Waals surface area (Å²) in [7, 11) is 0. The van der Waals surface area contributed by atoms with Crippen LogP contribution in [0, 0.1) is 0 Å². The second-order valence-electron chi connectivity index (χ2n) is 3.77. The van der Waals surface area contributed by atoms with Crippen LogP contribution in [0.5, 0.6) is 0 Å². The molecule has 1 aliphatic rings. The Balaban J connectivity index is 2.26. The van der Waals surface area contributed by atoms with Crippen molar-refractivity contribution in [1.29, 1.82) is 0 Å². The van der Waals surface area contributed by atoms with Gasteiger partial charge in [-0.2, -0.15) is 0 Å². The molecule has 4 nitrogen and oxygen atoms in total. The molecule has 2 unspecified atom stereocenters. The molecule has 1 fully saturated rings. The molecule has 0 radical (unpaired) electrons. The first-order chi connectivity index (χ1) is 6.72. The molecule has 14 heavy (non-hydrogen) atoms. The van der Waals surface area contributed by atoms with Gasteiger partial charge in [-0.3, -0.25) is 4.79 Å². The molecule has 0 saturated carbocycles. The number of hydrogen-bond acceptors (Lipinski definition) is 2. The predicted octanol–water partition coefficient (Wildman–Crippen LogP) is 0.895. The van der Waals surface area contributed by atoms with Crippen LogP contribution in [0.2, 0.25) is 0 Å². The third-order valence-corrected chi connectivity index (χ3v) is 2.86. The highest BCUT2D eigenvalue weighted by Crippen LogP contribution is 2.27. The second kappa shape index (κ2) is 3.44. The molecule has 76 valence electrons. The first-order valence-electron chi connectivity index (χ1n) is 5.01. The molecule has 0 aliphatic carbocycles. The van der Waals surface area contributed by atoms with Gasteiger partial charge >= 0.3 is 0 Å². The summed E-state index contributed by atoms with van der Waals surface area (Å²) in [5, 5.41) is 2.93. The molecule has 2 atom stereocenters. The van der Waals surface area contributed by atoms with Crippen molar-refractivity contribution < 1.29 is 4.79 Å². The zero-order chi connectivity index (χ0) is 10.1. The van der Waals surface area contributed by atoms with E-state index in [4.69, 9.17) is 0 Å². The van der Waals surface area contributed by atoms with Crippen LogP contribution in [0.4, 0.5) is 0 Å². The fourth-order valence-electron chi connectivity index (χ4n) is 2.05. The van der Waals surface area contributed by atoms with Gasteiger partial charge in [-0.05, 0) is 13.8 Å². The van der Waals surface area contributed by atoms with Crippen LogP contribution < -0.4 is 5.32 Å². The van der Waals surface area contributed by atoms with Crippen molar-refractivity contribution in [2.24, 2.45) is 0 Å². The summed E-state index contributed by atoms with van der Waals surface area (Å²) < 4.78 is 2.10. The van der Waals surface area contributed by atoms with Gasteiger partial charge in [-0.1, -0.05) is 0 Å². The lowest BCUT2D eigenvalue weighted by atomic mass is 9.98. The average molecular weight is 193 g/mol. The minimum Gasteiger partial charge on any atom is -0.353 e. The van der Waals surface area contributed by atoms with Gasteiger partial charge in [0, 0.05) is 36.8 Å². The van der Waals surface area contributed by atoms with E-state index >= 15 is 0 Å². The van der Waals surface area contributed by atoms with Crippen molar-refractivity contribution in [2.75, 3.05) is 0 Å². The Morgan fingerprint density at radius 1 is 1.71 bits per heavy atom. The molecule has 0 spiro atoms. The van der Waals surface area contributed by atoms with Crippen LogP contribution in [-0.2, 0) is 11.3 Å². The van der Waals surface area contributed by atoms with E-state index in [1.807, 2.05) is 19.4 Å². The molecular weight excluding hydrogens is 178 g/mol. The van der Waals surface area contributed by atoms with Gasteiger partial charge in [0.1, 0.15) is 0 Å². The third kappa shape index (κ3) is 1.41. The molecular formula is C10H15N3O. The Morgan fingerprint density at radius 3 is 3.07 bits per heavy atom. The highest BCUT2D eigenvalue weighted by atomic mass is 16.2. The summed E-state index contributed by atoms with van der Waals surface area (Å²) in [6.07, 6.45) is 4.28. The monoisotopic (exact) mass is 193 g/mol. The zero-order valence-corrected chi connectivity index (χ0v) is 8.53. The van der Waals surface area contributed by atoms with Crippen molar-refractivity contribution in [2.45, 2.75) is 38.8 Å². The zero-order valence-electron chi connectivity index (χ0n) is 8.53. The van der Waals surface area contributed by atoms with Crippen LogP contribution in [0.1, 0.15) is 31.9 Å². The van der Waals surface area contributed by atoms with Crippen LogP contribution in [0.3, 0.4) is 0 Å². The van der Waals surface area contributed by atoms with E-state index in [9.17, 15) is 4.79 Å². The SMILES string of the molecule is CCn1cncc1C1CC(=O)NC1C.